The summed E-state index contributed by atoms with van der Waals surface area (Å²) in [5.41, 5.74) is 0.829. The van der Waals surface area contributed by atoms with Crippen LogP contribution in [0.2, 0.25) is 0 Å². The number of carbonyl (C=O) groups excluding carboxylic acids is 2. The first-order valence-electron chi connectivity index (χ1n) is 10.8. The van der Waals surface area contributed by atoms with E-state index in [1.807, 2.05) is 13.8 Å². The summed E-state index contributed by atoms with van der Waals surface area (Å²) in [6, 6.07) is 6.15. The number of rotatable bonds is 8. The van der Waals surface area contributed by atoms with Crippen LogP contribution in [0.25, 0.3) is 0 Å². The van der Waals surface area contributed by atoms with Crippen LogP contribution in [0.1, 0.15) is 34.6 Å². The normalized spacial score (nSPS) is 9.62. The average molecular weight is 766 g/mol. The molecule has 0 aliphatic heterocycles. The topological polar surface area (TPSA) is 131 Å². The largest absolute Gasteiger partial charge is 3.00 e. The van der Waals surface area contributed by atoms with Gasteiger partial charge in [-0.25, -0.2) is 0 Å². The molecule has 204 valence electrons. The van der Waals surface area contributed by atoms with Gasteiger partial charge < -0.3 is 45.3 Å². The number of thiocarbonyl (C=S) groups is 2. The second-order valence-electron chi connectivity index (χ2n) is 6.89. The molecule has 0 saturated heterocycles. The molecule has 0 aromatic carbocycles. The van der Waals surface area contributed by atoms with Gasteiger partial charge in [-0.3, -0.25) is 30.2 Å². The van der Waals surface area contributed by atoms with Crippen LogP contribution in [-0.2, 0) is 47.6 Å². The standard InChI is InChI=1S/2C11H15N3O2S2.Au/c2*1-2-14(5-6-15)11(18)13-10(16)8-3-4-12-9(17)7-8;/h2*3-4,7,15H,2,5-6H2,1H3,(H,12,17)(H,13,16,18);/q;;+3/p-2. The predicted molar refractivity (Wildman–Crippen MR) is 149 cm³/mol. The second-order valence-corrected chi connectivity index (χ2v) is 8.50. The minimum Gasteiger partial charge on any atom is -0.760 e. The summed E-state index contributed by atoms with van der Waals surface area (Å²) in [5.74, 6) is -0.658. The van der Waals surface area contributed by atoms with Crippen molar-refractivity contribution in [1.82, 2.24) is 30.4 Å². The van der Waals surface area contributed by atoms with Crippen LogP contribution in [0.4, 0.5) is 0 Å². The minimum atomic E-state index is -0.329. The molecule has 0 bridgehead atoms. The van der Waals surface area contributed by atoms with E-state index in [0.717, 1.165) is 0 Å². The molecular weight excluding hydrogens is 738 g/mol. The molecule has 2 heterocycles. The van der Waals surface area contributed by atoms with Crippen LogP contribution in [0.15, 0.2) is 46.7 Å². The molecule has 37 heavy (non-hydrogen) atoms. The fourth-order valence-electron chi connectivity index (χ4n) is 2.65. The van der Waals surface area contributed by atoms with E-state index >= 15 is 0 Å². The Labute approximate surface area is 254 Å². The Bertz CT molecular complexity index is 968. The molecule has 15 heteroatoms. The maximum Gasteiger partial charge on any atom is 3.00 e. The molecule has 4 N–H and O–H groups in total. The van der Waals surface area contributed by atoms with Gasteiger partial charge in [0.1, 0.15) is 0 Å². The van der Waals surface area contributed by atoms with Gasteiger partial charge in [0.05, 0.1) is 13.2 Å². The average Bonchev–Trinajstić information content (AvgIpc) is 2.85. The number of aromatic nitrogens is 2. The number of pyridine rings is 2. The van der Waals surface area contributed by atoms with Crippen LogP contribution in [-0.4, -0.2) is 91.4 Å². The molecular formula is C22H28AuN6O4S4+. The third-order valence-electron chi connectivity index (χ3n) is 4.51. The SMILES string of the molecule is CCN(CCO)C(=S)NC(=O)c1ccnc([S-])c1.CCN(CCO)C(=S)NC(=O)c1ccnc([S-])c1.[Au+3]. The number of hydrogen-bond acceptors (Lipinski definition) is 10. The summed E-state index contributed by atoms with van der Waals surface area (Å²) in [6.45, 7) is 5.75. The molecule has 0 aliphatic carbocycles. The fraction of sp³-hybridized carbons (Fsp3) is 0.364. The smallest absolute Gasteiger partial charge is 0.760 e. The van der Waals surface area contributed by atoms with E-state index in [0.29, 0.717) is 57.6 Å². The van der Waals surface area contributed by atoms with E-state index in [9.17, 15) is 9.59 Å². The van der Waals surface area contributed by atoms with Gasteiger partial charge in [0, 0.05) is 49.7 Å². The predicted octanol–water partition coefficient (Wildman–Crippen LogP) is 0.630. The van der Waals surface area contributed by atoms with Crippen molar-refractivity contribution in [3.05, 3.63) is 47.8 Å². The number of aliphatic hydroxyl groups is 2. The van der Waals surface area contributed by atoms with Crippen LogP contribution < -0.4 is 10.6 Å². The number of nitrogens with one attached hydrogen (secondary N) is 2. The van der Waals surface area contributed by atoms with Gasteiger partial charge in [-0.1, -0.05) is 22.2 Å². The molecule has 0 spiro atoms. The molecule has 2 aromatic rings. The third-order valence-corrected chi connectivity index (χ3v) is 5.68. The molecule has 2 amide bonds. The van der Waals surface area contributed by atoms with Gasteiger partial charge in [-0.2, -0.15) is 0 Å². The van der Waals surface area contributed by atoms with E-state index in [1.54, 1.807) is 21.9 Å². The number of aliphatic hydroxyl groups excluding tert-OH is 2. The monoisotopic (exact) mass is 765 g/mol. The summed E-state index contributed by atoms with van der Waals surface area (Å²) in [7, 11) is 0. The first-order chi connectivity index (χ1) is 17.2. The quantitative estimate of drug-likeness (QED) is 0.171. The van der Waals surface area contributed by atoms with Crippen molar-refractivity contribution in [1.29, 1.82) is 0 Å². The van der Waals surface area contributed by atoms with Crippen LogP contribution in [0.3, 0.4) is 0 Å². The van der Waals surface area contributed by atoms with Gasteiger partial charge in [0.2, 0.25) is 0 Å². The summed E-state index contributed by atoms with van der Waals surface area (Å²) in [4.78, 5) is 34.8. The maximum absolute atomic E-state index is 11.9. The fourth-order valence-corrected chi connectivity index (χ4v) is 3.65. The molecule has 0 aliphatic rings. The Morgan fingerprint density at radius 3 is 1.46 bits per heavy atom. The zero-order valence-corrected chi connectivity index (χ0v) is 25.6. The van der Waals surface area contributed by atoms with Gasteiger partial charge in [0.15, 0.2) is 10.2 Å². The van der Waals surface area contributed by atoms with Crippen LogP contribution in [0, 0.1) is 0 Å². The molecule has 0 unspecified atom stereocenters. The van der Waals surface area contributed by atoms with Gasteiger partial charge in [-0.15, -0.1) is 0 Å². The van der Waals surface area contributed by atoms with Crippen molar-refractivity contribution in [2.75, 3.05) is 39.4 Å². The van der Waals surface area contributed by atoms with E-state index in [-0.39, 0.29) is 47.4 Å². The number of amides is 2. The van der Waals surface area contributed by atoms with Crippen molar-refractivity contribution in [3.8, 4) is 0 Å². The number of likely N-dealkylation sites (N-methyl/N-ethyl adjacent to an activating group) is 2. The first kappa shape index (κ1) is 35.1. The molecule has 0 radical (unpaired) electrons. The summed E-state index contributed by atoms with van der Waals surface area (Å²) < 4.78 is 0. The van der Waals surface area contributed by atoms with Crippen molar-refractivity contribution < 1.29 is 42.2 Å². The van der Waals surface area contributed by atoms with E-state index < -0.39 is 0 Å². The zero-order chi connectivity index (χ0) is 27.1. The second kappa shape index (κ2) is 19.2. The minimum absolute atomic E-state index is 0. The molecule has 2 rings (SSSR count). The van der Waals surface area contributed by atoms with Gasteiger partial charge in [0.25, 0.3) is 11.8 Å². The maximum atomic E-state index is 11.9. The van der Waals surface area contributed by atoms with E-state index in [2.05, 4.69) is 20.6 Å². The summed E-state index contributed by atoms with van der Waals surface area (Å²) in [6.07, 6.45) is 2.96. The Hall–Kier alpha value is -1.88. The zero-order valence-electron chi connectivity index (χ0n) is 20.1. The number of carbonyl (C=O) groups is 2. The Morgan fingerprint density at radius 2 is 1.19 bits per heavy atom. The first-order valence-corrected chi connectivity index (χ1v) is 12.5. The summed E-state index contributed by atoms with van der Waals surface area (Å²) >= 11 is 19.9. The molecule has 2 aromatic heterocycles. The Kier molecular flexibility index (Phi) is 18.3. The third kappa shape index (κ3) is 13.0. The molecule has 0 saturated carbocycles. The Balaban J connectivity index is 0.000000682. The van der Waals surface area contributed by atoms with Gasteiger partial charge >= 0.3 is 22.4 Å². The van der Waals surface area contributed by atoms with E-state index in [1.165, 1.54) is 24.5 Å². The molecule has 10 nitrogen and oxygen atoms in total. The number of hydrogen-bond donors (Lipinski definition) is 4. The summed E-state index contributed by atoms with van der Waals surface area (Å²) in [5, 5.41) is 24.2. The van der Waals surface area contributed by atoms with Crippen molar-refractivity contribution in [3.63, 3.8) is 0 Å². The molecule has 0 atom stereocenters. The van der Waals surface area contributed by atoms with Crippen molar-refractivity contribution in [2.45, 2.75) is 23.9 Å². The van der Waals surface area contributed by atoms with Gasteiger partial charge in [-0.05, 0) is 50.4 Å². The molecule has 0 fully saturated rings. The van der Waals surface area contributed by atoms with Crippen molar-refractivity contribution in [2.24, 2.45) is 0 Å². The van der Waals surface area contributed by atoms with Crippen molar-refractivity contribution >= 4 is 71.7 Å². The Morgan fingerprint density at radius 1 is 0.838 bits per heavy atom. The number of nitrogens with zero attached hydrogens (tertiary/aromatic N) is 4. The van der Waals surface area contributed by atoms with Crippen LogP contribution >= 0.6 is 24.4 Å². The van der Waals surface area contributed by atoms with Crippen LogP contribution in [0.5, 0.6) is 0 Å². The van der Waals surface area contributed by atoms with E-state index in [4.69, 9.17) is 59.9 Å².